The Kier molecular flexibility index (Phi) is 4.17. The summed E-state index contributed by atoms with van der Waals surface area (Å²) in [4.78, 5) is 17.7. The molecule has 122 valence electrons. The lowest BCUT2D eigenvalue weighted by Gasteiger charge is -2.21. The third-order valence-electron chi connectivity index (χ3n) is 4.61. The fraction of sp³-hybridized carbons (Fsp3) is 0.278. The first-order valence-electron chi connectivity index (χ1n) is 7.73. The summed E-state index contributed by atoms with van der Waals surface area (Å²) in [6.45, 7) is 2.59. The lowest BCUT2D eigenvalue weighted by Crippen LogP contribution is -2.26. The van der Waals surface area contributed by atoms with E-state index in [9.17, 15) is 14.4 Å². The molecular formula is C18H17FN4O. The van der Waals surface area contributed by atoms with Crippen molar-refractivity contribution in [3.63, 3.8) is 0 Å². The Hall–Kier alpha value is -2.94. The van der Waals surface area contributed by atoms with Crippen LogP contribution >= 0.6 is 0 Å². The molecule has 0 bridgehead atoms. The summed E-state index contributed by atoms with van der Waals surface area (Å²) in [5.41, 5.74) is 8.05. The number of carbonyl (C=O) groups excluding carboxylic acids is 1. The molecule has 0 spiro atoms. The monoisotopic (exact) mass is 324 g/mol. The molecule has 1 fully saturated rings. The molecule has 1 aromatic carbocycles. The van der Waals surface area contributed by atoms with Crippen molar-refractivity contribution in [1.82, 2.24) is 9.88 Å². The lowest BCUT2D eigenvalue weighted by atomic mass is 9.89. The van der Waals surface area contributed by atoms with Gasteiger partial charge in [0.15, 0.2) is 6.19 Å². The molecule has 0 aliphatic carbocycles. The molecule has 6 heteroatoms. The minimum atomic E-state index is -0.585. The maximum absolute atomic E-state index is 13.1. The van der Waals surface area contributed by atoms with Crippen LogP contribution in [0.2, 0.25) is 0 Å². The van der Waals surface area contributed by atoms with Gasteiger partial charge in [-0.2, -0.15) is 5.26 Å². The molecule has 2 aromatic rings. The minimum Gasteiger partial charge on any atom is -0.364 e. The topological polar surface area (TPSA) is 83.0 Å². The van der Waals surface area contributed by atoms with Crippen LogP contribution in [0.1, 0.15) is 35.3 Å². The van der Waals surface area contributed by atoms with Gasteiger partial charge in [0.1, 0.15) is 11.5 Å². The number of halogens is 1. The summed E-state index contributed by atoms with van der Waals surface area (Å²) in [7, 11) is 0. The Bertz CT molecular complexity index is 813. The number of hydrogen-bond donors (Lipinski definition) is 1. The van der Waals surface area contributed by atoms with Gasteiger partial charge in [-0.1, -0.05) is 12.1 Å². The number of likely N-dealkylation sites (tertiary alicyclic amines) is 1. The van der Waals surface area contributed by atoms with E-state index in [2.05, 4.69) is 11.2 Å². The third-order valence-corrected chi connectivity index (χ3v) is 4.61. The highest BCUT2D eigenvalue weighted by molar-refractivity contribution is 5.93. The van der Waals surface area contributed by atoms with Gasteiger partial charge in [0.25, 0.3) is 5.91 Å². The number of aromatic nitrogens is 1. The van der Waals surface area contributed by atoms with E-state index in [-0.39, 0.29) is 23.5 Å². The van der Waals surface area contributed by atoms with Gasteiger partial charge in [0.05, 0.1) is 0 Å². The van der Waals surface area contributed by atoms with Crippen LogP contribution in [0, 0.1) is 17.3 Å². The van der Waals surface area contributed by atoms with Crippen molar-refractivity contribution >= 4 is 5.91 Å². The molecule has 3 rings (SSSR count). The molecule has 0 radical (unpaired) electrons. The number of amides is 1. The first-order valence-corrected chi connectivity index (χ1v) is 7.73. The molecule has 2 unspecified atom stereocenters. The molecule has 1 aliphatic heterocycles. The molecule has 0 saturated carbocycles. The van der Waals surface area contributed by atoms with E-state index in [0.29, 0.717) is 6.54 Å². The van der Waals surface area contributed by atoms with Crippen molar-refractivity contribution in [2.24, 2.45) is 5.73 Å². The maximum Gasteiger partial charge on any atom is 0.267 e. The van der Waals surface area contributed by atoms with Crippen LogP contribution in [-0.4, -0.2) is 28.4 Å². The highest BCUT2D eigenvalue weighted by Crippen LogP contribution is 2.36. The predicted molar refractivity (Wildman–Crippen MR) is 87.3 cm³/mol. The standard InChI is InChI=1S/C18H17FN4O/c1-11-15(6-7-23(11)10-20)16-8-13(9-22-17(16)18(21)24)12-2-4-14(19)5-3-12/h2-5,8-9,11,15H,6-7H2,1H3,(H2,21,24). The van der Waals surface area contributed by atoms with Gasteiger partial charge < -0.3 is 10.6 Å². The molecule has 1 aromatic heterocycles. The van der Waals surface area contributed by atoms with E-state index in [4.69, 9.17) is 5.73 Å². The second-order valence-electron chi connectivity index (χ2n) is 5.96. The van der Waals surface area contributed by atoms with Crippen molar-refractivity contribution in [3.05, 3.63) is 53.6 Å². The average Bonchev–Trinajstić information content (AvgIpc) is 2.95. The zero-order valence-electron chi connectivity index (χ0n) is 13.2. The fourth-order valence-corrected chi connectivity index (χ4v) is 3.27. The van der Waals surface area contributed by atoms with Gasteiger partial charge in [0.2, 0.25) is 0 Å². The number of hydrogen-bond acceptors (Lipinski definition) is 4. The minimum absolute atomic E-state index is 0.0000448. The van der Waals surface area contributed by atoms with E-state index in [1.807, 2.05) is 13.0 Å². The summed E-state index contributed by atoms with van der Waals surface area (Å²) in [5.74, 6) is -0.895. The molecule has 2 atom stereocenters. The Morgan fingerprint density at radius 1 is 1.38 bits per heavy atom. The van der Waals surface area contributed by atoms with Crippen LogP contribution in [-0.2, 0) is 0 Å². The number of nitrogens with zero attached hydrogens (tertiary/aromatic N) is 3. The largest absolute Gasteiger partial charge is 0.364 e. The van der Waals surface area contributed by atoms with Gasteiger partial charge in [-0.25, -0.2) is 4.39 Å². The smallest absolute Gasteiger partial charge is 0.267 e. The first-order chi connectivity index (χ1) is 11.5. The van der Waals surface area contributed by atoms with Crippen LogP contribution < -0.4 is 5.73 Å². The SMILES string of the molecule is CC1C(c2cc(-c3ccc(F)cc3)cnc2C(N)=O)CCN1C#N. The second-order valence-corrected chi connectivity index (χ2v) is 5.96. The first kappa shape index (κ1) is 15.9. The number of benzene rings is 1. The normalized spacial score (nSPS) is 20.0. The van der Waals surface area contributed by atoms with Gasteiger partial charge in [0, 0.05) is 30.3 Å². The number of carbonyl (C=O) groups is 1. The summed E-state index contributed by atoms with van der Waals surface area (Å²) in [6.07, 6.45) is 4.49. The Balaban J connectivity index is 2.06. The number of nitriles is 1. The van der Waals surface area contributed by atoms with Crippen molar-refractivity contribution in [2.75, 3.05) is 6.54 Å². The van der Waals surface area contributed by atoms with Crippen molar-refractivity contribution in [2.45, 2.75) is 25.3 Å². The van der Waals surface area contributed by atoms with Crippen LogP contribution in [0.5, 0.6) is 0 Å². The quantitative estimate of drug-likeness (QED) is 0.880. The number of rotatable bonds is 3. The summed E-state index contributed by atoms with van der Waals surface area (Å²) in [6, 6.07) is 7.94. The van der Waals surface area contributed by atoms with Gasteiger partial charge >= 0.3 is 0 Å². The van der Waals surface area contributed by atoms with Gasteiger partial charge in [-0.15, -0.1) is 0 Å². The van der Waals surface area contributed by atoms with Crippen LogP contribution in [0.4, 0.5) is 4.39 Å². The molecule has 24 heavy (non-hydrogen) atoms. The number of nitrogens with two attached hydrogens (primary N) is 1. The zero-order chi connectivity index (χ0) is 17.3. The number of primary amides is 1. The Morgan fingerprint density at radius 2 is 2.08 bits per heavy atom. The highest BCUT2D eigenvalue weighted by atomic mass is 19.1. The molecule has 1 aliphatic rings. The van der Waals surface area contributed by atoms with E-state index in [1.54, 1.807) is 23.2 Å². The highest BCUT2D eigenvalue weighted by Gasteiger charge is 2.34. The van der Waals surface area contributed by atoms with Crippen LogP contribution in [0.25, 0.3) is 11.1 Å². The number of pyridine rings is 1. The molecule has 1 amide bonds. The molecule has 1 saturated heterocycles. The second kappa shape index (κ2) is 6.28. The lowest BCUT2D eigenvalue weighted by molar-refractivity contribution is 0.0994. The van der Waals surface area contributed by atoms with E-state index in [0.717, 1.165) is 23.1 Å². The predicted octanol–water partition coefficient (Wildman–Crippen LogP) is 2.65. The van der Waals surface area contributed by atoms with Crippen LogP contribution in [0.15, 0.2) is 36.5 Å². The third kappa shape index (κ3) is 2.81. The van der Waals surface area contributed by atoms with Crippen molar-refractivity contribution in [3.8, 4) is 17.3 Å². The fourth-order valence-electron chi connectivity index (χ4n) is 3.27. The van der Waals surface area contributed by atoms with Gasteiger partial charge in [-0.3, -0.25) is 9.78 Å². The average molecular weight is 324 g/mol. The molecule has 5 nitrogen and oxygen atoms in total. The summed E-state index contributed by atoms with van der Waals surface area (Å²) < 4.78 is 13.1. The zero-order valence-corrected chi connectivity index (χ0v) is 13.2. The molecule has 2 N–H and O–H groups in total. The summed E-state index contributed by atoms with van der Waals surface area (Å²) >= 11 is 0. The van der Waals surface area contributed by atoms with Gasteiger partial charge in [-0.05, 0) is 42.7 Å². The Morgan fingerprint density at radius 3 is 2.67 bits per heavy atom. The molecular weight excluding hydrogens is 307 g/mol. The molecule has 2 heterocycles. The van der Waals surface area contributed by atoms with Crippen molar-refractivity contribution < 1.29 is 9.18 Å². The summed E-state index contributed by atoms with van der Waals surface area (Å²) in [5, 5.41) is 9.17. The van der Waals surface area contributed by atoms with E-state index >= 15 is 0 Å². The van der Waals surface area contributed by atoms with Crippen molar-refractivity contribution in [1.29, 1.82) is 5.26 Å². The van der Waals surface area contributed by atoms with E-state index < -0.39 is 5.91 Å². The van der Waals surface area contributed by atoms with Crippen LogP contribution in [0.3, 0.4) is 0 Å². The Labute approximate surface area is 139 Å². The maximum atomic E-state index is 13.1. The van der Waals surface area contributed by atoms with E-state index in [1.165, 1.54) is 12.1 Å².